The van der Waals surface area contributed by atoms with Gasteiger partial charge in [-0.05, 0) is 30.9 Å². The van der Waals surface area contributed by atoms with Gasteiger partial charge in [0.1, 0.15) is 5.75 Å². The smallest absolute Gasteiger partial charge is 0.220 e. The van der Waals surface area contributed by atoms with E-state index in [4.69, 9.17) is 4.74 Å². The molecule has 0 atom stereocenters. The third-order valence-electron chi connectivity index (χ3n) is 4.64. The van der Waals surface area contributed by atoms with Crippen LogP contribution in [0.5, 0.6) is 5.75 Å². The van der Waals surface area contributed by atoms with Crippen LogP contribution < -0.4 is 10.1 Å². The van der Waals surface area contributed by atoms with E-state index in [1.54, 1.807) is 7.11 Å². The van der Waals surface area contributed by atoms with Gasteiger partial charge in [-0.1, -0.05) is 48.5 Å². The molecule has 0 unspecified atom stereocenters. The van der Waals surface area contributed by atoms with Crippen LogP contribution in [0.25, 0.3) is 0 Å². The molecule has 120 valence electrons. The van der Waals surface area contributed by atoms with Crippen molar-refractivity contribution in [1.82, 2.24) is 5.32 Å². The van der Waals surface area contributed by atoms with E-state index in [0.29, 0.717) is 13.0 Å². The summed E-state index contributed by atoms with van der Waals surface area (Å²) in [6.07, 6.45) is 3.53. The highest BCUT2D eigenvalue weighted by Gasteiger charge is 2.46. The molecule has 0 bridgehead atoms. The summed E-state index contributed by atoms with van der Waals surface area (Å²) in [5.41, 5.74) is 2.48. The summed E-state index contributed by atoms with van der Waals surface area (Å²) in [5, 5.41) is 3.11. The molecule has 1 saturated carbocycles. The fraction of sp³-hybridized carbons (Fsp3) is 0.350. The Morgan fingerprint density at radius 3 is 2.48 bits per heavy atom. The van der Waals surface area contributed by atoms with Crippen molar-refractivity contribution < 1.29 is 9.53 Å². The first kappa shape index (κ1) is 15.6. The zero-order chi connectivity index (χ0) is 16.1. The summed E-state index contributed by atoms with van der Waals surface area (Å²) in [6.45, 7) is 0.695. The van der Waals surface area contributed by atoms with Crippen molar-refractivity contribution in [1.29, 1.82) is 0 Å². The molecule has 1 fully saturated rings. The Bertz CT molecular complexity index is 662. The second-order valence-electron chi connectivity index (χ2n) is 6.24. The minimum Gasteiger partial charge on any atom is -0.496 e. The van der Waals surface area contributed by atoms with Crippen LogP contribution in [-0.4, -0.2) is 19.6 Å². The highest BCUT2D eigenvalue weighted by molar-refractivity contribution is 5.76. The topological polar surface area (TPSA) is 38.3 Å². The lowest BCUT2D eigenvalue weighted by Gasteiger charge is -2.19. The van der Waals surface area contributed by atoms with E-state index in [2.05, 4.69) is 23.5 Å². The fourth-order valence-electron chi connectivity index (χ4n) is 3.03. The zero-order valence-electron chi connectivity index (χ0n) is 13.5. The van der Waals surface area contributed by atoms with Crippen molar-refractivity contribution in [3.63, 3.8) is 0 Å². The summed E-state index contributed by atoms with van der Waals surface area (Å²) in [5.74, 6) is 1.04. The van der Waals surface area contributed by atoms with Crippen molar-refractivity contribution in [2.45, 2.75) is 31.1 Å². The average Bonchev–Trinajstić information content (AvgIpc) is 3.40. The SMILES string of the molecule is COc1ccccc1C1(CNC(=O)CCc2ccccc2)CC1. The summed E-state index contributed by atoms with van der Waals surface area (Å²) in [6, 6.07) is 18.3. The Morgan fingerprint density at radius 1 is 1.09 bits per heavy atom. The summed E-state index contributed by atoms with van der Waals surface area (Å²) < 4.78 is 5.47. The molecule has 2 aromatic rings. The van der Waals surface area contributed by atoms with Crippen LogP contribution in [0.15, 0.2) is 54.6 Å². The Hall–Kier alpha value is -2.29. The molecule has 0 saturated heterocycles. The van der Waals surface area contributed by atoms with Crippen LogP contribution >= 0.6 is 0 Å². The van der Waals surface area contributed by atoms with Crippen molar-refractivity contribution in [3.05, 3.63) is 65.7 Å². The van der Waals surface area contributed by atoms with Gasteiger partial charge in [0.05, 0.1) is 7.11 Å². The Labute approximate surface area is 137 Å². The van der Waals surface area contributed by atoms with Gasteiger partial charge >= 0.3 is 0 Å². The van der Waals surface area contributed by atoms with Gasteiger partial charge in [0.15, 0.2) is 0 Å². The maximum atomic E-state index is 12.1. The molecule has 2 aromatic carbocycles. The molecular weight excluding hydrogens is 286 g/mol. The van der Waals surface area contributed by atoms with E-state index < -0.39 is 0 Å². The van der Waals surface area contributed by atoms with Gasteiger partial charge in [0, 0.05) is 23.9 Å². The van der Waals surface area contributed by atoms with Gasteiger partial charge < -0.3 is 10.1 Å². The van der Waals surface area contributed by atoms with Gasteiger partial charge in [-0.2, -0.15) is 0 Å². The zero-order valence-corrected chi connectivity index (χ0v) is 13.5. The lowest BCUT2D eigenvalue weighted by Crippen LogP contribution is -2.32. The standard InChI is InChI=1S/C20H23NO2/c1-23-18-10-6-5-9-17(18)20(13-14-20)15-21-19(22)12-11-16-7-3-2-4-8-16/h2-10H,11-15H2,1H3,(H,21,22). The Balaban J connectivity index is 1.54. The molecule has 3 heteroatoms. The molecule has 0 spiro atoms. The van der Waals surface area contributed by atoms with E-state index in [1.165, 1.54) is 11.1 Å². The van der Waals surface area contributed by atoms with E-state index in [9.17, 15) is 4.79 Å². The highest BCUT2D eigenvalue weighted by Crippen LogP contribution is 2.50. The average molecular weight is 309 g/mol. The van der Waals surface area contributed by atoms with Gasteiger partial charge in [-0.15, -0.1) is 0 Å². The lowest BCUT2D eigenvalue weighted by molar-refractivity contribution is -0.121. The summed E-state index contributed by atoms with van der Waals surface area (Å²) in [4.78, 5) is 12.1. The van der Waals surface area contributed by atoms with Crippen molar-refractivity contribution in [3.8, 4) is 5.75 Å². The third-order valence-corrected chi connectivity index (χ3v) is 4.64. The largest absolute Gasteiger partial charge is 0.496 e. The number of hydrogen-bond acceptors (Lipinski definition) is 2. The molecular formula is C20H23NO2. The number of ether oxygens (including phenoxy) is 1. The number of aryl methyl sites for hydroxylation is 1. The predicted octanol–water partition coefficient (Wildman–Crippen LogP) is 3.48. The number of methoxy groups -OCH3 is 1. The van der Waals surface area contributed by atoms with E-state index in [-0.39, 0.29) is 11.3 Å². The predicted molar refractivity (Wildman–Crippen MR) is 91.7 cm³/mol. The highest BCUT2D eigenvalue weighted by atomic mass is 16.5. The second kappa shape index (κ2) is 6.86. The molecule has 1 aliphatic rings. The minimum absolute atomic E-state index is 0.0645. The molecule has 0 radical (unpaired) electrons. The van der Waals surface area contributed by atoms with Crippen LogP contribution in [0.1, 0.15) is 30.4 Å². The van der Waals surface area contributed by atoms with Crippen LogP contribution in [0.4, 0.5) is 0 Å². The van der Waals surface area contributed by atoms with Gasteiger partial charge in [-0.25, -0.2) is 0 Å². The van der Waals surface area contributed by atoms with Crippen molar-refractivity contribution in [2.75, 3.05) is 13.7 Å². The molecule has 1 amide bonds. The molecule has 0 heterocycles. The normalized spacial score (nSPS) is 15.0. The van der Waals surface area contributed by atoms with E-state index in [0.717, 1.165) is 25.0 Å². The number of para-hydroxylation sites is 1. The van der Waals surface area contributed by atoms with Crippen LogP contribution in [0.2, 0.25) is 0 Å². The molecule has 0 aliphatic heterocycles. The van der Waals surface area contributed by atoms with Crippen LogP contribution in [0, 0.1) is 0 Å². The van der Waals surface area contributed by atoms with Gasteiger partial charge in [0.25, 0.3) is 0 Å². The van der Waals surface area contributed by atoms with Crippen molar-refractivity contribution in [2.24, 2.45) is 0 Å². The van der Waals surface area contributed by atoms with Gasteiger partial charge in [-0.3, -0.25) is 4.79 Å². The molecule has 23 heavy (non-hydrogen) atoms. The number of nitrogens with one attached hydrogen (secondary N) is 1. The van der Waals surface area contributed by atoms with Crippen molar-refractivity contribution >= 4 is 5.91 Å². The van der Waals surface area contributed by atoms with Crippen LogP contribution in [-0.2, 0) is 16.6 Å². The van der Waals surface area contributed by atoms with Crippen LogP contribution in [0.3, 0.4) is 0 Å². The summed E-state index contributed by atoms with van der Waals surface area (Å²) in [7, 11) is 1.70. The lowest BCUT2D eigenvalue weighted by atomic mass is 9.94. The second-order valence-corrected chi connectivity index (χ2v) is 6.24. The number of rotatable bonds is 7. The van der Waals surface area contributed by atoms with E-state index >= 15 is 0 Å². The Morgan fingerprint density at radius 2 is 1.78 bits per heavy atom. The fourth-order valence-corrected chi connectivity index (χ4v) is 3.03. The first-order valence-corrected chi connectivity index (χ1v) is 8.18. The molecule has 1 N–H and O–H groups in total. The first-order chi connectivity index (χ1) is 11.2. The first-order valence-electron chi connectivity index (χ1n) is 8.18. The molecule has 1 aliphatic carbocycles. The Kier molecular flexibility index (Phi) is 4.65. The summed E-state index contributed by atoms with van der Waals surface area (Å²) >= 11 is 0. The van der Waals surface area contributed by atoms with Gasteiger partial charge in [0.2, 0.25) is 5.91 Å². The molecule has 3 rings (SSSR count). The van der Waals surface area contributed by atoms with E-state index in [1.807, 2.05) is 36.4 Å². The number of carbonyl (C=O) groups is 1. The molecule has 3 nitrogen and oxygen atoms in total. The number of benzene rings is 2. The number of hydrogen-bond donors (Lipinski definition) is 1. The number of carbonyl (C=O) groups excluding carboxylic acids is 1. The minimum atomic E-state index is 0.0645. The monoisotopic (exact) mass is 309 g/mol. The number of amides is 1. The quantitative estimate of drug-likeness (QED) is 0.850. The maximum Gasteiger partial charge on any atom is 0.220 e. The maximum absolute atomic E-state index is 12.1. The molecule has 0 aromatic heterocycles. The third kappa shape index (κ3) is 3.73.